The largest absolute Gasteiger partial charge is 0.394 e. The Kier molecular flexibility index (Phi) is 5.87. The van der Waals surface area contributed by atoms with Crippen LogP contribution in [0.5, 0.6) is 0 Å². The van der Waals surface area contributed by atoms with Gasteiger partial charge in [-0.1, -0.05) is 6.07 Å². The van der Waals surface area contributed by atoms with E-state index in [1.54, 1.807) is 0 Å². The summed E-state index contributed by atoms with van der Waals surface area (Å²) in [6, 6.07) is 3.60. The molecule has 0 radical (unpaired) electrons. The number of rotatable bonds is 6. The molecule has 0 saturated heterocycles. The maximum atomic E-state index is 12.0. The van der Waals surface area contributed by atoms with Crippen molar-refractivity contribution in [2.45, 2.75) is 6.04 Å². The molecule has 0 bridgehead atoms. The lowest BCUT2D eigenvalue weighted by atomic mass is 10.1. The van der Waals surface area contributed by atoms with E-state index in [0.717, 1.165) is 0 Å². The third kappa shape index (κ3) is 3.98. The van der Waals surface area contributed by atoms with Crippen LogP contribution < -0.4 is 5.32 Å². The quantitative estimate of drug-likeness (QED) is 0.599. The van der Waals surface area contributed by atoms with Gasteiger partial charge < -0.3 is 15.2 Å². The van der Waals surface area contributed by atoms with Gasteiger partial charge in [0, 0.05) is 13.2 Å². The number of carbonyl (C=O) groups excluding carboxylic acids is 1. The fourth-order valence-corrected chi connectivity index (χ4v) is 2.03. The van der Waals surface area contributed by atoms with Crippen LogP contribution in [0.25, 0.3) is 0 Å². The third-order valence-electron chi connectivity index (χ3n) is 2.34. The van der Waals surface area contributed by atoms with E-state index in [2.05, 4.69) is 21.2 Å². The number of nitro benzene ring substituents is 1. The Labute approximate surface area is 117 Å². The van der Waals surface area contributed by atoms with Gasteiger partial charge in [-0.3, -0.25) is 14.9 Å². The standard InChI is InChI=1S/C11H13BrN2O5/c1-19-6-7(5-15)13-11(16)8-3-2-4-9(10(8)12)14(17)18/h2-4,7,15H,5-6H2,1H3,(H,13,16). The summed E-state index contributed by atoms with van der Waals surface area (Å²) in [5.41, 5.74) is -0.0660. The number of hydrogen-bond acceptors (Lipinski definition) is 5. The summed E-state index contributed by atoms with van der Waals surface area (Å²) in [7, 11) is 1.44. The van der Waals surface area contributed by atoms with Crippen LogP contribution in [0.1, 0.15) is 10.4 Å². The normalized spacial score (nSPS) is 11.9. The summed E-state index contributed by atoms with van der Waals surface area (Å²) in [5, 5.41) is 22.3. The average Bonchev–Trinajstić information content (AvgIpc) is 2.37. The number of carbonyl (C=O) groups is 1. The molecular formula is C11H13BrN2O5. The zero-order valence-corrected chi connectivity index (χ0v) is 11.7. The van der Waals surface area contributed by atoms with Crippen LogP contribution in [0.3, 0.4) is 0 Å². The third-order valence-corrected chi connectivity index (χ3v) is 3.18. The minimum absolute atomic E-state index is 0.103. The molecule has 0 aliphatic carbocycles. The minimum Gasteiger partial charge on any atom is -0.394 e. The molecule has 1 unspecified atom stereocenters. The number of halogens is 1. The number of aliphatic hydroxyl groups is 1. The molecule has 0 saturated carbocycles. The van der Waals surface area contributed by atoms with Crippen LogP contribution >= 0.6 is 15.9 Å². The highest BCUT2D eigenvalue weighted by molar-refractivity contribution is 9.10. The number of methoxy groups -OCH3 is 1. The summed E-state index contributed by atoms with van der Waals surface area (Å²) in [5.74, 6) is -0.522. The van der Waals surface area contributed by atoms with Crippen molar-refractivity contribution in [3.05, 3.63) is 38.3 Å². The van der Waals surface area contributed by atoms with E-state index >= 15 is 0 Å². The Bertz CT molecular complexity index is 480. The van der Waals surface area contributed by atoms with E-state index in [1.165, 1.54) is 25.3 Å². The van der Waals surface area contributed by atoms with Crippen molar-refractivity contribution in [3.63, 3.8) is 0 Å². The summed E-state index contributed by atoms with van der Waals surface area (Å²) >= 11 is 3.04. The van der Waals surface area contributed by atoms with Gasteiger partial charge in [0.2, 0.25) is 0 Å². The number of benzene rings is 1. The fourth-order valence-electron chi connectivity index (χ4n) is 1.44. The lowest BCUT2D eigenvalue weighted by Gasteiger charge is -2.15. The van der Waals surface area contributed by atoms with Gasteiger partial charge in [-0.2, -0.15) is 0 Å². The van der Waals surface area contributed by atoms with Crippen molar-refractivity contribution in [2.75, 3.05) is 20.3 Å². The molecule has 0 aliphatic heterocycles. The lowest BCUT2D eigenvalue weighted by Crippen LogP contribution is -2.40. The first-order chi connectivity index (χ1) is 9.01. The first-order valence-electron chi connectivity index (χ1n) is 5.34. The van der Waals surface area contributed by atoms with Gasteiger partial charge >= 0.3 is 0 Å². The van der Waals surface area contributed by atoms with Crippen molar-refractivity contribution in [3.8, 4) is 0 Å². The molecule has 1 amide bonds. The van der Waals surface area contributed by atoms with Crippen molar-refractivity contribution in [1.82, 2.24) is 5.32 Å². The van der Waals surface area contributed by atoms with Crippen LogP contribution in [0.2, 0.25) is 0 Å². The molecule has 7 nitrogen and oxygen atoms in total. The highest BCUT2D eigenvalue weighted by Crippen LogP contribution is 2.28. The second-order valence-electron chi connectivity index (χ2n) is 3.70. The molecule has 0 heterocycles. The van der Waals surface area contributed by atoms with Crippen LogP contribution in [0.4, 0.5) is 5.69 Å². The number of nitro groups is 1. The van der Waals surface area contributed by atoms with Crippen LogP contribution in [0, 0.1) is 10.1 Å². The molecule has 1 aromatic carbocycles. The highest BCUT2D eigenvalue weighted by Gasteiger charge is 2.21. The Morgan fingerprint density at radius 2 is 2.32 bits per heavy atom. The van der Waals surface area contributed by atoms with Gasteiger partial charge in [-0.15, -0.1) is 0 Å². The van der Waals surface area contributed by atoms with Crippen LogP contribution in [0.15, 0.2) is 22.7 Å². The van der Waals surface area contributed by atoms with Gasteiger partial charge in [0.15, 0.2) is 0 Å². The molecule has 1 aromatic rings. The molecule has 104 valence electrons. The first kappa shape index (κ1) is 15.5. The predicted octanol–water partition coefficient (Wildman–Crippen LogP) is 1.09. The molecule has 0 spiro atoms. The van der Waals surface area contributed by atoms with Crippen molar-refractivity contribution in [2.24, 2.45) is 0 Å². The molecular weight excluding hydrogens is 320 g/mol. The van der Waals surface area contributed by atoms with Gasteiger partial charge in [-0.05, 0) is 22.0 Å². The number of nitrogens with one attached hydrogen (secondary N) is 1. The molecule has 8 heteroatoms. The minimum atomic E-state index is -0.584. The molecule has 0 aromatic heterocycles. The van der Waals surface area contributed by atoms with E-state index in [0.29, 0.717) is 0 Å². The van der Waals surface area contributed by atoms with E-state index in [1.807, 2.05) is 0 Å². The maximum Gasteiger partial charge on any atom is 0.284 e. The smallest absolute Gasteiger partial charge is 0.284 e. The van der Waals surface area contributed by atoms with E-state index < -0.39 is 16.9 Å². The fraction of sp³-hybridized carbons (Fsp3) is 0.364. The highest BCUT2D eigenvalue weighted by atomic mass is 79.9. The second kappa shape index (κ2) is 7.17. The van der Waals surface area contributed by atoms with E-state index in [-0.39, 0.29) is 28.9 Å². The number of hydrogen-bond donors (Lipinski definition) is 2. The van der Waals surface area contributed by atoms with Gasteiger partial charge in [0.05, 0.1) is 29.7 Å². The predicted molar refractivity (Wildman–Crippen MR) is 71.0 cm³/mol. The van der Waals surface area contributed by atoms with Gasteiger partial charge in [-0.25, -0.2) is 0 Å². The molecule has 2 N–H and O–H groups in total. The SMILES string of the molecule is COCC(CO)NC(=O)c1cccc([N+](=O)[O-])c1Br. The second-order valence-corrected chi connectivity index (χ2v) is 4.50. The summed E-state index contributed by atoms with van der Waals surface area (Å²) in [4.78, 5) is 22.1. The van der Waals surface area contributed by atoms with Gasteiger partial charge in [0.25, 0.3) is 11.6 Å². The number of nitrogens with zero attached hydrogens (tertiary/aromatic N) is 1. The molecule has 1 rings (SSSR count). The van der Waals surface area contributed by atoms with Crippen molar-refractivity contribution < 1.29 is 19.6 Å². The first-order valence-corrected chi connectivity index (χ1v) is 6.14. The summed E-state index contributed by atoms with van der Waals surface area (Å²) < 4.78 is 4.93. The van der Waals surface area contributed by atoms with Crippen LogP contribution in [-0.4, -0.2) is 42.3 Å². The Balaban J connectivity index is 2.94. The van der Waals surface area contributed by atoms with E-state index in [9.17, 15) is 14.9 Å². The number of amides is 1. The maximum absolute atomic E-state index is 12.0. The Morgan fingerprint density at radius 3 is 2.84 bits per heavy atom. The summed E-state index contributed by atoms with van der Waals surface area (Å²) in [6.07, 6.45) is 0. The topological polar surface area (TPSA) is 102 Å². The van der Waals surface area contributed by atoms with Crippen LogP contribution in [-0.2, 0) is 4.74 Å². The molecule has 1 atom stereocenters. The summed E-state index contributed by atoms with van der Waals surface area (Å²) in [6.45, 7) is -0.138. The Hall–Kier alpha value is -1.51. The van der Waals surface area contributed by atoms with Gasteiger partial charge in [0.1, 0.15) is 4.47 Å². The van der Waals surface area contributed by atoms with Crippen molar-refractivity contribution >= 4 is 27.5 Å². The monoisotopic (exact) mass is 332 g/mol. The molecule has 0 fully saturated rings. The van der Waals surface area contributed by atoms with E-state index in [4.69, 9.17) is 9.84 Å². The Morgan fingerprint density at radius 1 is 1.63 bits per heavy atom. The molecule has 19 heavy (non-hydrogen) atoms. The van der Waals surface area contributed by atoms with Crippen molar-refractivity contribution in [1.29, 1.82) is 0 Å². The zero-order valence-electron chi connectivity index (χ0n) is 10.1. The zero-order chi connectivity index (χ0) is 14.4. The number of ether oxygens (including phenoxy) is 1. The number of aliphatic hydroxyl groups excluding tert-OH is 1. The molecule has 0 aliphatic rings. The lowest BCUT2D eigenvalue weighted by molar-refractivity contribution is -0.385. The average molecular weight is 333 g/mol.